The number of hydrogen-bond acceptors (Lipinski definition) is 6. The molecule has 0 spiro atoms. The van der Waals surface area contributed by atoms with Gasteiger partial charge in [0.1, 0.15) is 0 Å². The minimum absolute atomic E-state index is 0.218. The predicted octanol–water partition coefficient (Wildman–Crippen LogP) is 2.91. The van der Waals surface area contributed by atoms with Crippen molar-refractivity contribution in [2.24, 2.45) is 16.3 Å². The minimum atomic E-state index is -1.23. The van der Waals surface area contributed by atoms with Crippen molar-refractivity contribution in [1.82, 2.24) is 0 Å². The Balaban J connectivity index is 2.25. The van der Waals surface area contributed by atoms with Gasteiger partial charge in [0.15, 0.2) is 11.5 Å². The van der Waals surface area contributed by atoms with Crippen LogP contribution < -0.4 is 0 Å². The molecule has 1 aliphatic heterocycles. The van der Waals surface area contributed by atoms with Gasteiger partial charge in [-0.05, 0) is 25.8 Å². The fourth-order valence-electron chi connectivity index (χ4n) is 4.30. The summed E-state index contributed by atoms with van der Waals surface area (Å²) in [6.07, 6.45) is 1.18. The number of nitrogens with zero attached hydrogens (tertiary/aromatic N) is 1. The molecule has 144 valence electrons. The third-order valence-corrected chi connectivity index (χ3v) is 5.24. The van der Waals surface area contributed by atoms with Gasteiger partial charge in [0.25, 0.3) is 0 Å². The summed E-state index contributed by atoms with van der Waals surface area (Å²) in [6.45, 7) is 9.38. The minimum Gasteiger partial charge on any atom is -0.465 e. The Labute approximate surface area is 159 Å². The molecule has 1 heterocycles. The van der Waals surface area contributed by atoms with Crippen molar-refractivity contribution >= 4 is 17.7 Å². The van der Waals surface area contributed by atoms with Gasteiger partial charge in [0.2, 0.25) is 5.72 Å². The number of carbonyl (C=O) groups is 2. The molecule has 3 rings (SSSR count). The van der Waals surface area contributed by atoms with E-state index in [0.29, 0.717) is 18.7 Å². The van der Waals surface area contributed by atoms with E-state index in [1.165, 1.54) is 6.92 Å². The summed E-state index contributed by atoms with van der Waals surface area (Å²) in [6, 6.07) is 9.41. The van der Waals surface area contributed by atoms with E-state index in [2.05, 4.69) is 6.58 Å². The number of hydrogen-bond donors (Lipinski definition) is 0. The average molecular weight is 371 g/mol. The molecule has 1 aromatic carbocycles. The van der Waals surface area contributed by atoms with E-state index in [0.717, 1.165) is 5.56 Å². The summed E-state index contributed by atoms with van der Waals surface area (Å²) < 4.78 is 17.2. The standard InChI is InChI=1S/C21H25NO5/c1-5-16-13-20(19(24)25-6-2)17(15-11-9-8-10-12-15)22-21(16,26-7-3)18(20)27-14(4)23/h5,8-12,16,18H,1,6-7,13H2,2-4H3/t16-,18+,20+,21+/m0/s1. The third-order valence-electron chi connectivity index (χ3n) is 5.24. The van der Waals surface area contributed by atoms with Crippen LogP contribution in [0.2, 0.25) is 0 Å². The lowest BCUT2D eigenvalue weighted by atomic mass is 9.76. The molecule has 1 saturated carbocycles. The number of carbonyl (C=O) groups excluding carboxylic acids is 2. The maximum absolute atomic E-state index is 13.2. The average Bonchev–Trinajstić information content (AvgIpc) is 3.07. The van der Waals surface area contributed by atoms with Crippen LogP contribution >= 0.6 is 0 Å². The third kappa shape index (κ3) is 2.79. The molecule has 0 amide bonds. The molecule has 4 atom stereocenters. The van der Waals surface area contributed by atoms with E-state index in [1.807, 2.05) is 37.3 Å². The highest BCUT2D eigenvalue weighted by molar-refractivity contribution is 6.18. The second kappa shape index (κ2) is 7.27. The van der Waals surface area contributed by atoms with Crippen LogP contribution in [0.5, 0.6) is 0 Å². The van der Waals surface area contributed by atoms with Crippen LogP contribution in [0.25, 0.3) is 0 Å². The molecule has 1 aliphatic carbocycles. The maximum atomic E-state index is 13.2. The first-order chi connectivity index (χ1) is 13.0. The number of fused-ring (bicyclic) bond motifs is 2. The highest BCUT2D eigenvalue weighted by Crippen LogP contribution is 2.60. The topological polar surface area (TPSA) is 74.2 Å². The summed E-state index contributed by atoms with van der Waals surface area (Å²) in [5, 5.41) is 0. The zero-order chi connectivity index (χ0) is 19.7. The van der Waals surface area contributed by atoms with Crippen LogP contribution in [0.15, 0.2) is 48.0 Å². The van der Waals surface area contributed by atoms with Crippen molar-refractivity contribution in [3.63, 3.8) is 0 Å². The van der Waals surface area contributed by atoms with Crippen molar-refractivity contribution < 1.29 is 23.8 Å². The number of esters is 2. The number of ether oxygens (including phenoxy) is 3. The van der Waals surface area contributed by atoms with E-state index in [9.17, 15) is 9.59 Å². The van der Waals surface area contributed by atoms with Gasteiger partial charge in [-0.3, -0.25) is 9.59 Å². The van der Waals surface area contributed by atoms with E-state index in [4.69, 9.17) is 19.2 Å². The molecule has 0 aromatic heterocycles. The largest absolute Gasteiger partial charge is 0.465 e. The van der Waals surface area contributed by atoms with Crippen LogP contribution in [0.4, 0.5) is 0 Å². The monoisotopic (exact) mass is 371 g/mol. The molecule has 0 unspecified atom stereocenters. The van der Waals surface area contributed by atoms with Gasteiger partial charge in [-0.1, -0.05) is 36.4 Å². The van der Waals surface area contributed by atoms with E-state index < -0.39 is 29.2 Å². The predicted molar refractivity (Wildman–Crippen MR) is 100 cm³/mol. The smallest absolute Gasteiger partial charge is 0.322 e. The van der Waals surface area contributed by atoms with Crippen molar-refractivity contribution in [2.75, 3.05) is 13.2 Å². The van der Waals surface area contributed by atoms with Crippen LogP contribution in [-0.2, 0) is 23.8 Å². The Hall–Kier alpha value is -2.47. The van der Waals surface area contributed by atoms with Gasteiger partial charge < -0.3 is 14.2 Å². The van der Waals surface area contributed by atoms with Crippen LogP contribution in [0.1, 0.15) is 32.8 Å². The second-order valence-electron chi connectivity index (χ2n) is 6.74. The highest BCUT2D eigenvalue weighted by atomic mass is 16.6. The summed E-state index contributed by atoms with van der Waals surface area (Å²) in [5.41, 5.74) is -1.08. The van der Waals surface area contributed by atoms with Gasteiger partial charge in [-0.15, -0.1) is 6.58 Å². The second-order valence-corrected chi connectivity index (χ2v) is 6.74. The molecule has 2 aliphatic rings. The van der Waals surface area contributed by atoms with Crippen molar-refractivity contribution in [2.45, 2.75) is 39.0 Å². The summed E-state index contributed by atoms with van der Waals surface area (Å²) in [4.78, 5) is 30.0. The van der Waals surface area contributed by atoms with Crippen molar-refractivity contribution in [3.8, 4) is 0 Å². The Morgan fingerprint density at radius 2 is 1.96 bits per heavy atom. The lowest BCUT2D eigenvalue weighted by Gasteiger charge is -2.32. The fourth-order valence-corrected chi connectivity index (χ4v) is 4.30. The normalized spacial score (nSPS) is 31.3. The fraction of sp³-hybridized carbons (Fsp3) is 0.476. The van der Waals surface area contributed by atoms with Gasteiger partial charge in [-0.25, -0.2) is 4.99 Å². The van der Waals surface area contributed by atoms with Crippen molar-refractivity contribution in [1.29, 1.82) is 0 Å². The lowest BCUT2D eigenvalue weighted by molar-refractivity contribution is -0.179. The van der Waals surface area contributed by atoms with Crippen molar-refractivity contribution in [3.05, 3.63) is 48.6 Å². The van der Waals surface area contributed by atoms with Gasteiger partial charge >= 0.3 is 11.9 Å². The van der Waals surface area contributed by atoms with Gasteiger partial charge in [-0.2, -0.15) is 0 Å². The first kappa shape index (κ1) is 19.3. The molecule has 1 fully saturated rings. The number of benzene rings is 1. The zero-order valence-electron chi connectivity index (χ0n) is 15.9. The molecule has 0 saturated heterocycles. The zero-order valence-corrected chi connectivity index (χ0v) is 15.9. The van der Waals surface area contributed by atoms with E-state index >= 15 is 0 Å². The van der Waals surface area contributed by atoms with Crippen LogP contribution in [0, 0.1) is 11.3 Å². The quantitative estimate of drug-likeness (QED) is 0.544. The maximum Gasteiger partial charge on any atom is 0.322 e. The molecule has 2 bridgehead atoms. The summed E-state index contributed by atoms with van der Waals surface area (Å²) >= 11 is 0. The van der Waals surface area contributed by atoms with Crippen LogP contribution in [0.3, 0.4) is 0 Å². The van der Waals surface area contributed by atoms with E-state index in [-0.39, 0.29) is 12.5 Å². The highest BCUT2D eigenvalue weighted by Gasteiger charge is 2.75. The molecule has 0 radical (unpaired) electrons. The molecule has 0 N–H and O–H groups in total. The molecule has 6 nitrogen and oxygen atoms in total. The molecule has 1 aromatic rings. The Kier molecular flexibility index (Phi) is 5.20. The molecule has 27 heavy (non-hydrogen) atoms. The Morgan fingerprint density at radius 3 is 2.52 bits per heavy atom. The Bertz CT molecular complexity index is 774. The SMILES string of the molecule is C=C[C@H]1C[C@@]2(C(=O)OCC)C(c3ccccc3)=N[C@]1(OCC)[C@@H]2OC(C)=O. The summed E-state index contributed by atoms with van der Waals surface area (Å²) in [5.74, 6) is -1.23. The summed E-state index contributed by atoms with van der Waals surface area (Å²) in [7, 11) is 0. The molecular weight excluding hydrogens is 346 g/mol. The van der Waals surface area contributed by atoms with E-state index in [1.54, 1.807) is 13.0 Å². The van der Waals surface area contributed by atoms with Gasteiger partial charge in [0, 0.05) is 19.4 Å². The molecular formula is C21H25NO5. The number of rotatable bonds is 7. The molecule has 6 heteroatoms. The lowest BCUT2D eigenvalue weighted by Crippen LogP contribution is -2.50. The first-order valence-electron chi connectivity index (χ1n) is 9.23. The Morgan fingerprint density at radius 1 is 1.26 bits per heavy atom. The number of aliphatic imine (C=N–C) groups is 1. The first-order valence-corrected chi connectivity index (χ1v) is 9.23. The van der Waals surface area contributed by atoms with Gasteiger partial charge in [0.05, 0.1) is 12.3 Å². The van der Waals surface area contributed by atoms with Crippen LogP contribution in [-0.4, -0.2) is 42.7 Å².